The topological polar surface area (TPSA) is 20.2 Å². The number of alkyl halides is 3. The first-order chi connectivity index (χ1) is 9.70. The molecule has 0 heterocycles. The van der Waals surface area contributed by atoms with Crippen molar-refractivity contribution in [1.82, 2.24) is 0 Å². The van der Waals surface area contributed by atoms with E-state index in [1.807, 2.05) is 0 Å². The smallest absolute Gasteiger partial charge is 0.384 e. The Bertz CT molecular complexity index is 669. The summed E-state index contributed by atoms with van der Waals surface area (Å²) in [7, 11) is 0. The minimum Gasteiger partial charge on any atom is -0.384 e. The zero-order valence-corrected chi connectivity index (χ0v) is 11.0. The van der Waals surface area contributed by atoms with Crippen LogP contribution < -0.4 is 0 Å². The molecular weight excluding hydrogens is 315 g/mol. The molecule has 21 heavy (non-hydrogen) atoms. The summed E-state index contributed by atoms with van der Waals surface area (Å²) in [5.74, 6) is -2.26. The summed E-state index contributed by atoms with van der Waals surface area (Å²) in [6, 6.07) is 5.45. The lowest BCUT2D eigenvalue weighted by Gasteiger charge is -2.15. The van der Waals surface area contributed by atoms with Crippen LogP contribution in [0.5, 0.6) is 0 Å². The van der Waals surface area contributed by atoms with Crippen LogP contribution in [0.3, 0.4) is 0 Å². The van der Waals surface area contributed by atoms with Crippen molar-refractivity contribution in [2.45, 2.75) is 12.3 Å². The van der Waals surface area contributed by atoms with Crippen molar-refractivity contribution in [2.24, 2.45) is 0 Å². The van der Waals surface area contributed by atoms with Crippen molar-refractivity contribution in [2.75, 3.05) is 0 Å². The molecule has 0 saturated heterocycles. The van der Waals surface area contributed by atoms with Crippen molar-refractivity contribution < 1.29 is 27.1 Å². The highest BCUT2D eigenvalue weighted by Crippen LogP contribution is 2.34. The zero-order chi connectivity index (χ0) is 15.8. The summed E-state index contributed by atoms with van der Waals surface area (Å²) in [6.07, 6.45) is -6.41. The summed E-state index contributed by atoms with van der Waals surface area (Å²) in [6.45, 7) is 0. The molecular formula is C14H8ClF5O. The van der Waals surface area contributed by atoms with E-state index in [9.17, 15) is 27.1 Å². The fraction of sp³-hybridized carbons (Fsp3) is 0.143. The molecule has 1 nitrogen and oxygen atoms in total. The molecule has 0 aliphatic heterocycles. The van der Waals surface area contributed by atoms with Crippen molar-refractivity contribution in [3.63, 3.8) is 0 Å². The minimum absolute atomic E-state index is 0.0108. The number of aliphatic hydroxyl groups is 1. The molecule has 0 amide bonds. The number of rotatable bonds is 2. The molecule has 1 N–H and O–H groups in total. The van der Waals surface area contributed by atoms with Gasteiger partial charge in [0.25, 0.3) is 0 Å². The average molecular weight is 323 g/mol. The van der Waals surface area contributed by atoms with Crippen LogP contribution >= 0.6 is 11.6 Å². The number of hydrogen-bond acceptors (Lipinski definition) is 1. The number of halogens is 6. The Morgan fingerprint density at radius 1 is 0.905 bits per heavy atom. The van der Waals surface area contributed by atoms with Gasteiger partial charge < -0.3 is 5.11 Å². The molecule has 2 aromatic rings. The van der Waals surface area contributed by atoms with Gasteiger partial charge in [-0.1, -0.05) is 23.7 Å². The second-order valence-corrected chi connectivity index (χ2v) is 4.72. The van der Waals surface area contributed by atoms with Gasteiger partial charge in [-0.2, -0.15) is 13.2 Å². The second-order valence-electron chi connectivity index (χ2n) is 4.31. The molecule has 0 radical (unpaired) electrons. The third kappa shape index (κ3) is 3.33. The molecule has 0 saturated carbocycles. The van der Waals surface area contributed by atoms with E-state index in [0.717, 1.165) is 12.1 Å². The standard InChI is InChI=1S/C14H8ClF5O/c15-10-3-1-8(6-12(10)17)13(21)7-2-4-11(16)9(5-7)14(18,19)20/h1-6,13,21H. The van der Waals surface area contributed by atoms with E-state index >= 15 is 0 Å². The van der Waals surface area contributed by atoms with Crippen molar-refractivity contribution in [1.29, 1.82) is 0 Å². The molecule has 0 aliphatic rings. The first-order valence-electron chi connectivity index (χ1n) is 5.70. The normalized spacial score (nSPS) is 13.3. The molecule has 112 valence electrons. The lowest BCUT2D eigenvalue weighted by atomic mass is 9.99. The van der Waals surface area contributed by atoms with E-state index in [2.05, 4.69) is 0 Å². The van der Waals surface area contributed by atoms with Gasteiger partial charge in [0.15, 0.2) is 0 Å². The predicted molar refractivity (Wildman–Crippen MR) is 66.9 cm³/mol. The lowest BCUT2D eigenvalue weighted by Crippen LogP contribution is -2.10. The Kier molecular flexibility index (Phi) is 4.20. The van der Waals surface area contributed by atoms with Crippen molar-refractivity contribution >= 4 is 11.6 Å². The predicted octanol–water partition coefficient (Wildman–Crippen LogP) is 4.72. The third-order valence-electron chi connectivity index (χ3n) is 2.87. The lowest BCUT2D eigenvalue weighted by molar-refractivity contribution is -0.140. The number of benzene rings is 2. The molecule has 0 bridgehead atoms. The highest BCUT2D eigenvalue weighted by molar-refractivity contribution is 6.30. The van der Waals surface area contributed by atoms with Crippen molar-refractivity contribution in [3.8, 4) is 0 Å². The Morgan fingerprint density at radius 3 is 2.05 bits per heavy atom. The van der Waals surface area contributed by atoms with Gasteiger partial charge in [-0.3, -0.25) is 0 Å². The van der Waals surface area contributed by atoms with E-state index in [-0.39, 0.29) is 16.1 Å². The summed E-state index contributed by atoms with van der Waals surface area (Å²) >= 11 is 5.48. The minimum atomic E-state index is -4.88. The molecule has 1 atom stereocenters. The van der Waals surface area contributed by atoms with Crippen LogP contribution in [-0.2, 0) is 6.18 Å². The largest absolute Gasteiger partial charge is 0.419 e. The van der Waals surface area contributed by atoms with E-state index in [1.165, 1.54) is 12.1 Å². The highest BCUT2D eigenvalue weighted by Gasteiger charge is 2.34. The summed E-state index contributed by atoms with van der Waals surface area (Å²) in [5.41, 5.74) is -1.68. The van der Waals surface area contributed by atoms with Crippen LogP contribution in [0, 0.1) is 11.6 Å². The molecule has 1 unspecified atom stereocenters. The average Bonchev–Trinajstić information content (AvgIpc) is 2.40. The van der Waals surface area contributed by atoms with E-state index in [1.54, 1.807) is 0 Å². The Hall–Kier alpha value is -1.66. The van der Waals surface area contributed by atoms with Gasteiger partial charge in [0.1, 0.15) is 17.7 Å². The molecule has 0 fully saturated rings. The van der Waals surface area contributed by atoms with E-state index in [4.69, 9.17) is 11.6 Å². The second kappa shape index (κ2) is 5.61. The molecule has 0 spiro atoms. The first-order valence-corrected chi connectivity index (χ1v) is 6.07. The van der Waals surface area contributed by atoms with Crippen LogP contribution in [0.4, 0.5) is 22.0 Å². The fourth-order valence-corrected chi connectivity index (χ4v) is 1.92. The van der Waals surface area contributed by atoms with Gasteiger partial charge in [0.05, 0.1) is 10.6 Å². The van der Waals surface area contributed by atoms with Crippen LogP contribution in [0.25, 0.3) is 0 Å². The Labute approximate surface area is 121 Å². The quantitative estimate of drug-likeness (QED) is 0.793. The summed E-state index contributed by atoms with van der Waals surface area (Å²) < 4.78 is 64.3. The van der Waals surface area contributed by atoms with E-state index < -0.39 is 29.5 Å². The molecule has 7 heteroatoms. The highest BCUT2D eigenvalue weighted by atomic mass is 35.5. The summed E-state index contributed by atoms with van der Waals surface area (Å²) in [4.78, 5) is 0. The molecule has 0 aliphatic carbocycles. The third-order valence-corrected chi connectivity index (χ3v) is 3.18. The first kappa shape index (κ1) is 15.7. The SMILES string of the molecule is OC(c1ccc(Cl)c(F)c1)c1ccc(F)c(C(F)(F)F)c1. The summed E-state index contributed by atoms with van der Waals surface area (Å²) in [5, 5.41) is 9.81. The number of aliphatic hydroxyl groups excluding tert-OH is 1. The Balaban J connectivity index is 2.44. The Morgan fingerprint density at radius 2 is 1.48 bits per heavy atom. The van der Waals surface area contributed by atoms with E-state index in [0.29, 0.717) is 12.1 Å². The van der Waals surface area contributed by atoms with Gasteiger partial charge in [-0.15, -0.1) is 0 Å². The van der Waals surface area contributed by atoms with Crippen LogP contribution in [0.15, 0.2) is 36.4 Å². The maximum atomic E-state index is 13.3. The fourth-order valence-electron chi connectivity index (χ4n) is 1.81. The van der Waals surface area contributed by atoms with Crippen LogP contribution in [-0.4, -0.2) is 5.11 Å². The maximum absolute atomic E-state index is 13.3. The monoisotopic (exact) mass is 322 g/mol. The molecule has 2 rings (SSSR count). The van der Waals surface area contributed by atoms with Gasteiger partial charge in [-0.25, -0.2) is 8.78 Å². The zero-order valence-electron chi connectivity index (χ0n) is 10.3. The van der Waals surface area contributed by atoms with Gasteiger partial charge in [0.2, 0.25) is 0 Å². The van der Waals surface area contributed by atoms with Gasteiger partial charge in [-0.05, 0) is 35.4 Å². The molecule has 0 aromatic heterocycles. The van der Waals surface area contributed by atoms with Crippen molar-refractivity contribution in [3.05, 3.63) is 69.7 Å². The number of hydrogen-bond donors (Lipinski definition) is 1. The maximum Gasteiger partial charge on any atom is 0.419 e. The van der Waals surface area contributed by atoms with Crippen LogP contribution in [0.1, 0.15) is 22.8 Å². The van der Waals surface area contributed by atoms with Gasteiger partial charge in [0, 0.05) is 0 Å². The van der Waals surface area contributed by atoms with Crippen LogP contribution in [0.2, 0.25) is 5.02 Å². The van der Waals surface area contributed by atoms with Gasteiger partial charge >= 0.3 is 6.18 Å². The molecule has 2 aromatic carbocycles.